The number of nitrogens with one attached hydrogen (secondary N) is 1. The molecule has 0 unspecified atom stereocenters. The van der Waals surface area contributed by atoms with Crippen molar-refractivity contribution < 1.29 is 0 Å². The highest BCUT2D eigenvalue weighted by Gasteiger charge is 2.15. The van der Waals surface area contributed by atoms with Crippen molar-refractivity contribution in [3.63, 3.8) is 0 Å². The molecule has 1 aliphatic heterocycles. The Morgan fingerprint density at radius 2 is 2.35 bits per heavy atom. The average Bonchev–Trinajstić information content (AvgIpc) is 2.79. The molecule has 0 radical (unpaired) electrons. The number of aromatic nitrogens is 3. The lowest BCUT2D eigenvalue weighted by Crippen LogP contribution is -2.02. The SMILES string of the molecule is S=c1nc(Cc2cccnc2)[nH]c2c1CSC2. The summed E-state index contributed by atoms with van der Waals surface area (Å²) in [5, 5.41) is 0. The number of nitrogens with zero attached hydrogens (tertiary/aromatic N) is 2. The molecule has 0 atom stereocenters. The van der Waals surface area contributed by atoms with E-state index in [0.717, 1.165) is 34.0 Å². The van der Waals surface area contributed by atoms with Crippen LogP contribution in [0, 0.1) is 4.64 Å². The van der Waals surface area contributed by atoms with E-state index in [1.807, 2.05) is 30.1 Å². The van der Waals surface area contributed by atoms with Gasteiger partial charge in [-0.15, -0.1) is 0 Å². The Labute approximate surface area is 109 Å². The van der Waals surface area contributed by atoms with E-state index in [1.165, 1.54) is 11.3 Å². The third-order valence-corrected chi connectivity index (χ3v) is 4.06. The molecule has 0 fully saturated rings. The molecule has 3 nitrogen and oxygen atoms in total. The molecule has 0 saturated carbocycles. The summed E-state index contributed by atoms with van der Waals surface area (Å²) >= 11 is 7.20. The van der Waals surface area contributed by atoms with E-state index in [2.05, 4.69) is 15.0 Å². The van der Waals surface area contributed by atoms with Gasteiger partial charge in [-0.25, -0.2) is 4.98 Å². The van der Waals surface area contributed by atoms with Crippen molar-refractivity contribution in [3.05, 3.63) is 51.8 Å². The molecule has 5 heteroatoms. The molecular formula is C12H11N3S2. The van der Waals surface area contributed by atoms with Crippen molar-refractivity contribution in [1.29, 1.82) is 0 Å². The number of H-pyrrole nitrogens is 1. The molecule has 0 aromatic carbocycles. The van der Waals surface area contributed by atoms with Crippen LogP contribution in [0.2, 0.25) is 0 Å². The molecule has 0 saturated heterocycles. The Balaban J connectivity index is 1.95. The summed E-state index contributed by atoms with van der Waals surface area (Å²) in [4.78, 5) is 11.9. The summed E-state index contributed by atoms with van der Waals surface area (Å²) in [6, 6.07) is 3.99. The van der Waals surface area contributed by atoms with Gasteiger partial charge in [0.1, 0.15) is 10.5 Å². The average molecular weight is 261 g/mol. The number of hydrogen-bond acceptors (Lipinski definition) is 4. The number of rotatable bonds is 2. The van der Waals surface area contributed by atoms with E-state index in [1.54, 1.807) is 6.20 Å². The molecule has 1 aliphatic rings. The van der Waals surface area contributed by atoms with Crippen LogP contribution >= 0.6 is 24.0 Å². The second-order valence-electron chi connectivity index (χ2n) is 3.98. The second kappa shape index (κ2) is 4.58. The fourth-order valence-corrected chi connectivity index (χ4v) is 3.37. The van der Waals surface area contributed by atoms with Crippen LogP contribution in [0.3, 0.4) is 0 Å². The Hall–Kier alpha value is -1.20. The van der Waals surface area contributed by atoms with Crippen molar-refractivity contribution >= 4 is 24.0 Å². The first-order valence-corrected chi connectivity index (χ1v) is 6.97. The first-order valence-electron chi connectivity index (χ1n) is 5.40. The van der Waals surface area contributed by atoms with Gasteiger partial charge >= 0.3 is 0 Å². The van der Waals surface area contributed by atoms with E-state index in [9.17, 15) is 0 Å². The minimum Gasteiger partial charge on any atom is -0.346 e. The quantitative estimate of drug-likeness (QED) is 0.844. The van der Waals surface area contributed by atoms with E-state index < -0.39 is 0 Å². The van der Waals surface area contributed by atoms with Gasteiger partial charge in [-0.05, 0) is 11.6 Å². The molecule has 0 amide bonds. The topological polar surface area (TPSA) is 41.6 Å². The van der Waals surface area contributed by atoms with Crippen LogP contribution in [-0.4, -0.2) is 15.0 Å². The maximum atomic E-state index is 5.32. The van der Waals surface area contributed by atoms with Gasteiger partial charge in [0.2, 0.25) is 0 Å². The van der Waals surface area contributed by atoms with Crippen LogP contribution in [0.15, 0.2) is 24.5 Å². The lowest BCUT2D eigenvalue weighted by atomic mass is 10.2. The Morgan fingerprint density at radius 1 is 1.41 bits per heavy atom. The molecule has 86 valence electrons. The van der Waals surface area contributed by atoms with Gasteiger partial charge in [0.25, 0.3) is 0 Å². The molecular weight excluding hydrogens is 250 g/mol. The Kier molecular flexibility index (Phi) is 2.94. The minimum atomic E-state index is 0.752. The molecule has 3 heterocycles. The third-order valence-electron chi connectivity index (χ3n) is 2.74. The predicted octanol–water partition coefficient (Wildman–Crippen LogP) is 2.87. The number of fused-ring (bicyclic) bond motifs is 1. The predicted molar refractivity (Wildman–Crippen MR) is 71.5 cm³/mol. The van der Waals surface area contributed by atoms with Crippen molar-refractivity contribution in [3.8, 4) is 0 Å². The van der Waals surface area contributed by atoms with Gasteiger partial charge in [0.15, 0.2) is 0 Å². The summed E-state index contributed by atoms with van der Waals surface area (Å²) in [7, 11) is 0. The maximum Gasteiger partial charge on any atom is 0.134 e. The smallest absolute Gasteiger partial charge is 0.134 e. The van der Waals surface area contributed by atoms with E-state index >= 15 is 0 Å². The van der Waals surface area contributed by atoms with E-state index in [-0.39, 0.29) is 0 Å². The van der Waals surface area contributed by atoms with Gasteiger partial charge in [-0.2, -0.15) is 11.8 Å². The monoisotopic (exact) mass is 261 g/mol. The number of aromatic amines is 1. The van der Waals surface area contributed by atoms with E-state index in [0.29, 0.717) is 0 Å². The van der Waals surface area contributed by atoms with E-state index in [4.69, 9.17) is 12.2 Å². The minimum absolute atomic E-state index is 0.752. The van der Waals surface area contributed by atoms with Gasteiger partial charge < -0.3 is 4.98 Å². The van der Waals surface area contributed by atoms with Crippen LogP contribution in [0.1, 0.15) is 22.6 Å². The Bertz CT molecular complexity index is 592. The first kappa shape index (κ1) is 10.9. The number of thioether (sulfide) groups is 1. The highest BCUT2D eigenvalue weighted by Crippen LogP contribution is 2.28. The summed E-state index contributed by atoms with van der Waals surface area (Å²) in [6.45, 7) is 0. The molecule has 1 N–H and O–H groups in total. The zero-order valence-corrected chi connectivity index (χ0v) is 10.8. The van der Waals surface area contributed by atoms with Crippen LogP contribution in [0.4, 0.5) is 0 Å². The van der Waals surface area contributed by atoms with Crippen LogP contribution in [-0.2, 0) is 17.9 Å². The van der Waals surface area contributed by atoms with Crippen molar-refractivity contribution in [1.82, 2.24) is 15.0 Å². The summed E-state index contributed by atoms with van der Waals surface area (Å²) < 4.78 is 0.752. The third kappa shape index (κ3) is 2.25. The lowest BCUT2D eigenvalue weighted by Gasteiger charge is -2.04. The fourth-order valence-electron chi connectivity index (χ4n) is 1.90. The molecule has 2 aromatic rings. The molecule has 0 aliphatic carbocycles. The van der Waals surface area contributed by atoms with Crippen molar-refractivity contribution in [2.45, 2.75) is 17.9 Å². The van der Waals surface area contributed by atoms with Crippen LogP contribution < -0.4 is 0 Å². The van der Waals surface area contributed by atoms with Gasteiger partial charge in [-0.1, -0.05) is 18.3 Å². The van der Waals surface area contributed by atoms with Gasteiger partial charge in [-0.3, -0.25) is 4.98 Å². The standard InChI is InChI=1S/C12H11N3S2/c16-12-9-6-17-7-10(9)14-11(15-12)4-8-2-1-3-13-5-8/h1-3,5H,4,6-7H2,(H,14,15,16). The molecule has 17 heavy (non-hydrogen) atoms. The summed E-state index contributed by atoms with van der Waals surface area (Å²) in [5.41, 5.74) is 3.60. The number of pyridine rings is 1. The second-order valence-corrected chi connectivity index (χ2v) is 5.35. The van der Waals surface area contributed by atoms with Gasteiger partial charge in [0, 0.05) is 41.6 Å². The fraction of sp³-hybridized carbons (Fsp3) is 0.250. The number of hydrogen-bond donors (Lipinski definition) is 1. The highest BCUT2D eigenvalue weighted by molar-refractivity contribution is 7.98. The molecule has 2 aromatic heterocycles. The summed E-state index contributed by atoms with van der Waals surface area (Å²) in [6.07, 6.45) is 4.40. The zero-order valence-electron chi connectivity index (χ0n) is 9.14. The Morgan fingerprint density at radius 3 is 3.18 bits per heavy atom. The van der Waals surface area contributed by atoms with Crippen LogP contribution in [0.25, 0.3) is 0 Å². The normalized spacial score (nSPS) is 13.6. The maximum absolute atomic E-state index is 5.32. The highest BCUT2D eigenvalue weighted by atomic mass is 32.2. The molecule has 0 spiro atoms. The lowest BCUT2D eigenvalue weighted by molar-refractivity contribution is 0.915. The van der Waals surface area contributed by atoms with Crippen molar-refractivity contribution in [2.24, 2.45) is 0 Å². The summed E-state index contributed by atoms with van der Waals surface area (Å²) in [5.74, 6) is 2.94. The van der Waals surface area contributed by atoms with Crippen LogP contribution in [0.5, 0.6) is 0 Å². The first-order chi connectivity index (χ1) is 8.33. The molecule has 3 rings (SSSR count). The molecule has 0 bridgehead atoms. The largest absolute Gasteiger partial charge is 0.346 e. The van der Waals surface area contributed by atoms with Crippen molar-refractivity contribution in [2.75, 3.05) is 0 Å². The van der Waals surface area contributed by atoms with Gasteiger partial charge in [0.05, 0.1) is 0 Å². The zero-order chi connectivity index (χ0) is 11.7.